The number of nitrogens with zero attached hydrogens (tertiary/aromatic N) is 4. The second kappa shape index (κ2) is 7.83. The zero-order chi connectivity index (χ0) is 20.4. The van der Waals surface area contributed by atoms with E-state index in [9.17, 15) is 14.9 Å². The van der Waals surface area contributed by atoms with E-state index in [1.807, 2.05) is 0 Å². The fraction of sp³-hybridized carbons (Fsp3) is 0.118. The molecule has 0 aliphatic heterocycles. The van der Waals surface area contributed by atoms with Gasteiger partial charge in [0.05, 0.1) is 21.0 Å². The first-order chi connectivity index (χ1) is 13.3. The van der Waals surface area contributed by atoms with Gasteiger partial charge in [-0.1, -0.05) is 34.4 Å². The van der Waals surface area contributed by atoms with E-state index in [4.69, 9.17) is 27.7 Å². The van der Waals surface area contributed by atoms with Crippen molar-refractivity contribution >= 4 is 40.6 Å². The molecular weight excluding hydrogens is 409 g/mol. The van der Waals surface area contributed by atoms with Crippen LogP contribution in [0.2, 0.25) is 10.0 Å². The van der Waals surface area contributed by atoms with E-state index in [0.717, 1.165) is 0 Å². The second-order valence-electron chi connectivity index (χ2n) is 5.69. The summed E-state index contributed by atoms with van der Waals surface area (Å²) in [5.74, 6) is -0.140. The molecule has 9 nitrogen and oxygen atoms in total. The zero-order valence-electron chi connectivity index (χ0n) is 14.6. The lowest BCUT2D eigenvalue weighted by molar-refractivity contribution is -0.384. The van der Waals surface area contributed by atoms with Gasteiger partial charge in [-0.2, -0.15) is 0 Å². The van der Waals surface area contributed by atoms with Gasteiger partial charge in [-0.25, -0.2) is 4.98 Å². The van der Waals surface area contributed by atoms with Crippen LogP contribution in [0.25, 0.3) is 11.3 Å². The minimum atomic E-state index is -0.569. The molecule has 3 aromatic rings. The molecule has 2 heterocycles. The van der Waals surface area contributed by atoms with Crippen LogP contribution in [0.3, 0.4) is 0 Å². The highest BCUT2D eigenvalue weighted by Crippen LogP contribution is 2.36. The summed E-state index contributed by atoms with van der Waals surface area (Å²) in [5, 5.41) is 16.7. The van der Waals surface area contributed by atoms with Crippen molar-refractivity contribution < 1.29 is 14.2 Å². The fourth-order valence-corrected chi connectivity index (χ4v) is 3.08. The number of aryl methyl sites for hydroxylation is 1. The molecule has 1 N–H and O–H groups in total. The van der Waals surface area contributed by atoms with Gasteiger partial charge in [0.15, 0.2) is 5.82 Å². The van der Waals surface area contributed by atoms with Gasteiger partial charge in [0, 0.05) is 24.9 Å². The molecule has 3 rings (SSSR count). The van der Waals surface area contributed by atoms with Crippen LogP contribution >= 0.6 is 23.2 Å². The van der Waals surface area contributed by atoms with Crippen LogP contribution in [0.5, 0.6) is 0 Å². The fourth-order valence-electron chi connectivity index (χ4n) is 2.50. The number of benzene rings is 1. The van der Waals surface area contributed by atoms with Gasteiger partial charge < -0.3 is 4.52 Å². The molecule has 0 saturated carbocycles. The first-order valence-electron chi connectivity index (χ1n) is 7.85. The minimum absolute atomic E-state index is 0.132. The van der Waals surface area contributed by atoms with Gasteiger partial charge in [0.2, 0.25) is 0 Å². The Morgan fingerprint density at radius 2 is 1.96 bits per heavy atom. The van der Waals surface area contributed by atoms with Gasteiger partial charge in [0.1, 0.15) is 17.0 Å². The van der Waals surface area contributed by atoms with E-state index in [1.165, 1.54) is 30.4 Å². The Hall–Kier alpha value is -3.17. The molecular formula is C17H13Cl2N5O4. The van der Waals surface area contributed by atoms with Gasteiger partial charge in [-0.05, 0) is 19.1 Å². The Morgan fingerprint density at radius 1 is 1.29 bits per heavy atom. The summed E-state index contributed by atoms with van der Waals surface area (Å²) in [7, 11) is 1.49. The van der Waals surface area contributed by atoms with Crippen LogP contribution in [0.15, 0.2) is 41.1 Å². The van der Waals surface area contributed by atoms with E-state index in [-0.39, 0.29) is 28.5 Å². The number of aromatic nitrogens is 2. The number of rotatable bonds is 5. The monoisotopic (exact) mass is 421 g/mol. The molecule has 0 bridgehead atoms. The van der Waals surface area contributed by atoms with E-state index in [2.05, 4.69) is 15.6 Å². The summed E-state index contributed by atoms with van der Waals surface area (Å²) in [6.45, 7) is 1.57. The lowest BCUT2D eigenvalue weighted by Crippen LogP contribution is -2.40. The van der Waals surface area contributed by atoms with E-state index >= 15 is 0 Å². The average Bonchev–Trinajstić information content (AvgIpc) is 3.03. The molecule has 0 spiro atoms. The number of nitro groups is 1. The van der Waals surface area contributed by atoms with Crippen LogP contribution in [-0.4, -0.2) is 28.0 Å². The second-order valence-corrected chi connectivity index (χ2v) is 6.50. The summed E-state index contributed by atoms with van der Waals surface area (Å²) in [6, 6.07) is 7.39. The average molecular weight is 422 g/mol. The Morgan fingerprint density at radius 3 is 2.61 bits per heavy atom. The molecule has 1 aromatic carbocycles. The third kappa shape index (κ3) is 3.75. The largest absolute Gasteiger partial charge is 0.360 e. The van der Waals surface area contributed by atoms with Gasteiger partial charge in [-0.3, -0.25) is 25.3 Å². The van der Waals surface area contributed by atoms with Crippen molar-refractivity contribution in [3.8, 4) is 11.3 Å². The Kier molecular flexibility index (Phi) is 5.48. The van der Waals surface area contributed by atoms with Crippen LogP contribution in [0.4, 0.5) is 11.5 Å². The van der Waals surface area contributed by atoms with E-state index in [1.54, 1.807) is 25.1 Å². The summed E-state index contributed by atoms with van der Waals surface area (Å²) in [5.41, 5.74) is 3.10. The molecule has 1 amide bonds. The number of carbonyl (C=O) groups excluding carboxylic acids is 1. The predicted octanol–water partition coefficient (Wildman–Crippen LogP) is 4.04. The van der Waals surface area contributed by atoms with Gasteiger partial charge in [0.25, 0.3) is 11.6 Å². The first-order valence-corrected chi connectivity index (χ1v) is 8.61. The SMILES string of the molecule is Cc1onc(-c2c(Cl)cccc2Cl)c1C(=O)NN(C)c1cc([N+](=O)[O-])ccn1. The van der Waals surface area contributed by atoms with Crippen LogP contribution < -0.4 is 10.4 Å². The van der Waals surface area contributed by atoms with Crippen molar-refractivity contribution in [2.75, 3.05) is 12.1 Å². The number of hydrazine groups is 1. The number of carbonyl (C=O) groups is 1. The summed E-state index contributed by atoms with van der Waals surface area (Å²) >= 11 is 12.4. The van der Waals surface area contributed by atoms with E-state index in [0.29, 0.717) is 15.6 Å². The van der Waals surface area contributed by atoms with Crippen molar-refractivity contribution in [2.45, 2.75) is 6.92 Å². The van der Waals surface area contributed by atoms with Gasteiger partial charge >= 0.3 is 0 Å². The molecule has 2 aromatic heterocycles. The van der Waals surface area contributed by atoms with Crippen molar-refractivity contribution in [2.24, 2.45) is 0 Å². The Bertz CT molecular complexity index is 1050. The number of nitrogens with one attached hydrogen (secondary N) is 1. The zero-order valence-corrected chi connectivity index (χ0v) is 16.2. The molecule has 28 heavy (non-hydrogen) atoms. The predicted molar refractivity (Wildman–Crippen MR) is 103 cm³/mol. The number of hydrogen-bond donors (Lipinski definition) is 1. The topological polar surface area (TPSA) is 114 Å². The molecule has 0 radical (unpaired) electrons. The number of pyridine rings is 1. The van der Waals surface area contributed by atoms with Crippen molar-refractivity contribution in [3.05, 3.63) is 68.0 Å². The molecule has 0 aliphatic rings. The number of anilines is 1. The molecule has 0 saturated heterocycles. The maximum atomic E-state index is 12.8. The number of hydrogen-bond acceptors (Lipinski definition) is 7. The van der Waals surface area contributed by atoms with Crippen LogP contribution in [0, 0.1) is 17.0 Å². The van der Waals surface area contributed by atoms with Crippen LogP contribution in [0.1, 0.15) is 16.1 Å². The first kappa shape index (κ1) is 19.6. The number of amides is 1. The minimum Gasteiger partial charge on any atom is -0.360 e. The normalized spacial score (nSPS) is 10.6. The molecule has 144 valence electrons. The van der Waals surface area contributed by atoms with Crippen molar-refractivity contribution in [1.29, 1.82) is 0 Å². The highest BCUT2D eigenvalue weighted by atomic mass is 35.5. The summed E-state index contributed by atoms with van der Waals surface area (Å²) in [6.07, 6.45) is 1.27. The highest BCUT2D eigenvalue weighted by molar-refractivity contribution is 6.39. The molecule has 0 fully saturated rings. The van der Waals surface area contributed by atoms with Crippen LogP contribution in [-0.2, 0) is 0 Å². The maximum absolute atomic E-state index is 12.8. The van der Waals surface area contributed by atoms with Crippen molar-refractivity contribution in [3.63, 3.8) is 0 Å². The maximum Gasteiger partial charge on any atom is 0.275 e. The van der Waals surface area contributed by atoms with E-state index < -0.39 is 10.8 Å². The molecule has 0 unspecified atom stereocenters. The standard InChI is InChI=1S/C17H13Cl2N5O4/c1-9-14(16(22-28-9)15-11(18)4-3-5-12(15)19)17(25)21-23(2)13-8-10(24(26)27)6-7-20-13/h3-8H,1-2H3,(H,21,25). The molecule has 0 aliphatic carbocycles. The quantitative estimate of drug-likeness (QED) is 0.488. The molecule has 11 heteroatoms. The lowest BCUT2D eigenvalue weighted by Gasteiger charge is -2.19. The van der Waals surface area contributed by atoms with Gasteiger partial charge in [-0.15, -0.1) is 0 Å². The molecule has 0 atom stereocenters. The Balaban J connectivity index is 1.93. The lowest BCUT2D eigenvalue weighted by atomic mass is 10.1. The Labute approximate surface area is 169 Å². The number of halogens is 2. The summed E-state index contributed by atoms with van der Waals surface area (Å²) in [4.78, 5) is 27.2. The van der Waals surface area contributed by atoms with Crippen molar-refractivity contribution in [1.82, 2.24) is 15.6 Å². The third-order valence-corrected chi connectivity index (χ3v) is 4.47. The smallest absolute Gasteiger partial charge is 0.275 e. The summed E-state index contributed by atoms with van der Waals surface area (Å²) < 4.78 is 5.17. The third-order valence-electron chi connectivity index (χ3n) is 3.84. The highest BCUT2D eigenvalue weighted by Gasteiger charge is 2.26.